The quantitative estimate of drug-likeness (QED) is 0.654. The van der Waals surface area contributed by atoms with Crippen LogP contribution in [0.25, 0.3) is 11.3 Å². The molecular formula is C19H15ClN2O3S. The van der Waals surface area contributed by atoms with Gasteiger partial charge >= 0.3 is 0 Å². The number of thiol groups is 1. The molecule has 2 aromatic carbocycles. The topological polar surface area (TPSA) is 76.1 Å². The van der Waals surface area contributed by atoms with Gasteiger partial charge in [0.15, 0.2) is 0 Å². The molecule has 5 nitrogen and oxygen atoms in total. The minimum Gasteiger partial charge on any atom is -0.322 e. The highest BCUT2D eigenvalue weighted by molar-refractivity contribution is 7.71. The van der Waals surface area contributed by atoms with Crippen LogP contribution in [0.3, 0.4) is 0 Å². The normalized spacial score (nSPS) is 10.7. The molecule has 0 fully saturated rings. The fraction of sp³-hybridized carbons (Fsp3) is 0.0526. The molecule has 7 heteroatoms. The van der Waals surface area contributed by atoms with E-state index in [1.165, 1.54) is 0 Å². The average molecular weight is 387 g/mol. The van der Waals surface area contributed by atoms with Gasteiger partial charge in [-0.25, -0.2) is 8.42 Å². The van der Waals surface area contributed by atoms with Crippen LogP contribution in [0.2, 0.25) is 5.02 Å². The summed E-state index contributed by atoms with van der Waals surface area (Å²) in [5, 5.41) is 3.33. The largest absolute Gasteiger partial charge is 0.322 e. The van der Waals surface area contributed by atoms with Crippen molar-refractivity contribution in [1.82, 2.24) is 4.98 Å². The number of benzene rings is 2. The van der Waals surface area contributed by atoms with Gasteiger partial charge in [-0.15, -0.1) is 0 Å². The van der Waals surface area contributed by atoms with E-state index in [-0.39, 0.29) is 11.7 Å². The van der Waals surface area contributed by atoms with E-state index in [2.05, 4.69) is 10.3 Å². The Labute approximate surface area is 157 Å². The number of carbonyl (C=O) groups excluding carboxylic acids is 1. The predicted octanol–water partition coefficient (Wildman–Crippen LogP) is 3.77. The highest BCUT2D eigenvalue weighted by Crippen LogP contribution is 2.29. The maximum atomic E-state index is 12.5. The first kappa shape index (κ1) is 18.1. The predicted molar refractivity (Wildman–Crippen MR) is 103 cm³/mol. The number of rotatable bonds is 5. The van der Waals surface area contributed by atoms with Crippen molar-refractivity contribution in [3.05, 3.63) is 83.0 Å². The van der Waals surface area contributed by atoms with Gasteiger partial charge in [-0.3, -0.25) is 9.78 Å². The van der Waals surface area contributed by atoms with Crippen molar-refractivity contribution in [3.63, 3.8) is 0 Å². The third-order valence-corrected chi connectivity index (χ3v) is 4.62. The summed E-state index contributed by atoms with van der Waals surface area (Å²) in [6, 6.07) is 17.2. The van der Waals surface area contributed by atoms with E-state index >= 15 is 0 Å². The Bertz CT molecular complexity index is 1010. The number of nitrogens with zero attached hydrogens (tertiary/aromatic N) is 1. The fourth-order valence-corrected chi connectivity index (χ4v) is 3.19. The monoisotopic (exact) mass is 386 g/mol. The van der Waals surface area contributed by atoms with Crippen LogP contribution in [0.4, 0.5) is 5.69 Å². The molecule has 1 N–H and O–H groups in total. The second-order valence-corrected chi connectivity index (χ2v) is 6.94. The minimum absolute atomic E-state index is 0.0960. The molecule has 1 aromatic heterocycles. The zero-order valence-electron chi connectivity index (χ0n) is 13.6. The van der Waals surface area contributed by atoms with Crippen molar-refractivity contribution in [2.24, 2.45) is 0 Å². The molecule has 0 radical (unpaired) electrons. The van der Waals surface area contributed by atoms with Gasteiger partial charge in [0.05, 0.1) is 16.5 Å². The number of nitrogens with one attached hydrogen (secondary N) is 1. The molecule has 0 aliphatic heterocycles. The van der Waals surface area contributed by atoms with Crippen molar-refractivity contribution < 1.29 is 13.2 Å². The number of pyridine rings is 1. The molecule has 0 unspecified atom stereocenters. The Hall–Kier alpha value is -2.70. The molecule has 0 aliphatic carbocycles. The van der Waals surface area contributed by atoms with Crippen molar-refractivity contribution >= 4 is 33.9 Å². The van der Waals surface area contributed by atoms with Crippen LogP contribution in [-0.4, -0.2) is 19.3 Å². The summed E-state index contributed by atoms with van der Waals surface area (Å²) in [5.41, 5.74) is 2.94. The number of hydrogen-bond donors (Lipinski definition) is 2. The van der Waals surface area contributed by atoms with E-state index in [9.17, 15) is 13.2 Å². The van der Waals surface area contributed by atoms with Gasteiger partial charge in [-0.1, -0.05) is 29.8 Å². The van der Waals surface area contributed by atoms with Crippen LogP contribution in [0.1, 0.15) is 15.9 Å². The summed E-state index contributed by atoms with van der Waals surface area (Å²) in [7, 11) is -2.54. The van der Waals surface area contributed by atoms with Gasteiger partial charge < -0.3 is 5.32 Å². The smallest absolute Gasteiger partial charge is 0.255 e. The number of aromatic nitrogens is 1. The first-order valence-electron chi connectivity index (χ1n) is 7.76. The Morgan fingerprint density at radius 2 is 1.88 bits per heavy atom. The van der Waals surface area contributed by atoms with Crippen LogP contribution >= 0.6 is 11.6 Å². The maximum absolute atomic E-state index is 12.5. The zero-order chi connectivity index (χ0) is 18.5. The number of hydrogen-bond acceptors (Lipinski definition) is 4. The first-order valence-corrected chi connectivity index (χ1v) is 9.50. The second-order valence-electron chi connectivity index (χ2n) is 5.55. The van der Waals surface area contributed by atoms with Crippen LogP contribution in [0, 0.1) is 0 Å². The Kier molecular flexibility index (Phi) is 5.65. The molecule has 1 amide bonds. The maximum Gasteiger partial charge on any atom is 0.255 e. The van der Waals surface area contributed by atoms with Crippen molar-refractivity contribution in [1.29, 1.82) is 0 Å². The molecule has 0 spiro atoms. The second kappa shape index (κ2) is 8.12. The van der Waals surface area contributed by atoms with Crippen LogP contribution in [0.15, 0.2) is 66.9 Å². The highest BCUT2D eigenvalue weighted by Gasteiger charge is 2.10. The molecule has 26 heavy (non-hydrogen) atoms. The van der Waals surface area contributed by atoms with E-state index in [1.54, 1.807) is 48.7 Å². The van der Waals surface area contributed by atoms with E-state index in [0.29, 0.717) is 33.1 Å². The van der Waals surface area contributed by atoms with Crippen LogP contribution in [0.5, 0.6) is 0 Å². The van der Waals surface area contributed by atoms with Crippen molar-refractivity contribution in [3.8, 4) is 11.3 Å². The molecule has 0 aliphatic rings. The van der Waals surface area contributed by atoms with E-state index in [0.717, 1.165) is 0 Å². The zero-order valence-corrected chi connectivity index (χ0v) is 15.2. The Morgan fingerprint density at radius 3 is 2.62 bits per heavy atom. The van der Waals surface area contributed by atoms with Crippen molar-refractivity contribution in [2.75, 3.05) is 5.32 Å². The van der Waals surface area contributed by atoms with Gasteiger partial charge in [0.1, 0.15) is 10.7 Å². The lowest BCUT2D eigenvalue weighted by molar-refractivity contribution is 0.102. The molecular weight excluding hydrogens is 372 g/mol. The SMILES string of the molecule is O=C(Nc1ccc(Cl)c(-c2ccccn2)c1)c1cccc(C[SH](=O)=O)c1. The summed E-state index contributed by atoms with van der Waals surface area (Å²) >= 11 is 6.24. The lowest BCUT2D eigenvalue weighted by atomic mass is 10.1. The molecule has 3 aromatic rings. The fourth-order valence-electron chi connectivity index (χ4n) is 2.48. The third-order valence-electron chi connectivity index (χ3n) is 3.67. The number of amides is 1. The molecule has 132 valence electrons. The summed E-state index contributed by atoms with van der Waals surface area (Å²) in [5.74, 6) is -0.427. The third kappa shape index (κ3) is 4.47. The average Bonchev–Trinajstić information content (AvgIpc) is 2.63. The lowest BCUT2D eigenvalue weighted by Crippen LogP contribution is -2.12. The summed E-state index contributed by atoms with van der Waals surface area (Å²) in [6.07, 6.45) is 1.67. The molecule has 0 atom stereocenters. The molecule has 0 bridgehead atoms. The summed E-state index contributed by atoms with van der Waals surface area (Å²) in [4.78, 5) is 16.7. The Morgan fingerprint density at radius 1 is 1.04 bits per heavy atom. The number of halogens is 1. The molecule has 1 heterocycles. The lowest BCUT2D eigenvalue weighted by Gasteiger charge is -2.09. The van der Waals surface area contributed by atoms with E-state index < -0.39 is 10.7 Å². The molecule has 0 saturated carbocycles. The van der Waals surface area contributed by atoms with Crippen molar-refractivity contribution in [2.45, 2.75) is 5.75 Å². The first-order chi connectivity index (χ1) is 12.5. The van der Waals surface area contributed by atoms with Crippen LogP contribution < -0.4 is 5.32 Å². The Balaban J connectivity index is 1.84. The molecule has 0 saturated heterocycles. The van der Waals surface area contributed by atoms with E-state index in [1.807, 2.05) is 18.2 Å². The van der Waals surface area contributed by atoms with Gasteiger partial charge in [0.25, 0.3) is 5.91 Å². The molecule has 3 rings (SSSR count). The number of anilines is 1. The van der Waals surface area contributed by atoms with Gasteiger partial charge in [0.2, 0.25) is 0 Å². The number of carbonyl (C=O) groups is 1. The van der Waals surface area contributed by atoms with Gasteiger partial charge in [-0.05, 0) is 48.0 Å². The highest BCUT2D eigenvalue weighted by atomic mass is 35.5. The standard InChI is InChI=1S/C19H15ClN2O3S/c20-17-8-7-15(11-16(17)18-6-1-2-9-21-18)22-19(23)14-5-3-4-13(10-14)12-26(24)25/h1-11,26H,12H2,(H,22,23). The van der Waals surface area contributed by atoms with Gasteiger partial charge in [0, 0.05) is 23.0 Å². The summed E-state index contributed by atoms with van der Waals surface area (Å²) < 4.78 is 21.7. The van der Waals surface area contributed by atoms with Crippen LogP contribution in [-0.2, 0) is 16.5 Å². The minimum atomic E-state index is -2.54. The van der Waals surface area contributed by atoms with E-state index in [4.69, 9.17) is 11.6 Å². The van der Waals surface area contributed by atoms with Gasteiger partial charge in [-0.2, -0.15) is 0 Å². The summed E-state index contributed by atoms with van der Waals surface area (Å²) in [6.45, 7) is 0.